The molecule has 1 aromatic carbocycles. The highest BCUT2D eigenvalue weighted by molar-refractivity contribution is 7.98. The molecule has 8 nitrogen and oxygen atoms in total. The number of aliphatic carboxylic acids is 1. The van der Waals surface area contributed by atoms with Gasteiger partial charge >= 0.3 is 5.97 Å². The summed E-state index contributed by atoms with van der Waals surface area (Å²) in [5, 5.41) is 20.2. The van der Waals surface area contributed by atoms with Gasteiger partial charge in [0.2, 0.25) is 0 Å². The number of carboxylic acid groups (broad SMARTS) is 1. The summed E-state index contributed by atoms with van der Waals surface area (Å²) in [6, 6.07) is 4.67. The van der Waals surface area contributed by atoms with Gasteiger partial charge in [-0.25, -0.2) is 0 Å². The molecular formula is C17H23N3O5S. The minimum absolute atomic E-state index is 0.0418. The van der Waals surface area contributed by atoms with Crippen LogP contribution in [0.5, 0.6) is 0 Å². The number of thioether (sulfide) groups is 1. The van der Waals surface area contributed by atoms with E-state index in [1.165, 1.54) is 17.8 Å². The van der Waals surface area contributed by atoms with Gasteiger partial charge in [-0.15, -0.1) is 11.8 Å². The molecule has 1 heterocycles. The number of rotatable bonds is 6. The molecule has 1 saturated heterocycles. The number of carboxylic acids is 1. The molecule has 0 bridgehead atoms. The lowest BCUT2D eigenvalue weighted by atomic mass is 10.1. The Hall–Kier alpha value is -2.13. The van der Waals surface area contributed by atoms with Crippen LogP contribution in [0.25, 0.3) is 0 Å². The molecule has 1 atom stereocenters. The van der Waals surface area contributed by atoms with E-state index in [0.29, 0.717) is 19.5 Å². The number of benzene rings is 1. The lowest BCUT2D eigenvalue weighted by Gasteiger charge is -2.25. The maximum absolute atomic E-state index is 12.9. The summed E-state index contributed by atoms with van der Waals surface area (Å²) in [5.41, 5.74) is -0.0733. The summed E-state index contributed by atoms with van der Waals surface area (Å²) in [7, 11) is 1.77. The zero-order valence-electron chi connectivity index (χ0n) is 14.9. The summed E-state index contributed by atoms with van der Waals surface area (Å²) >= 11 is 1.43. The van der Waals surface area contributed by atoms with E-state index < -0.39 is 10.9 Å². The Labute approximate surface area is 156 Å². The van der Waals surface area contributed by atoms with Crippen LogP contribution in [0.4, 0.5) is 5.69 Å². The fraction of sp³-hybridized carbons (Fsp3) is 0.529. The molecule has 26 heavy (non-hydrogen) atoms. The molecule has 9 heteroatoms. The normalized spacial score (nSPS) is 17.8. The Morgan fingerprint density at radius 1 is 1.38 bits per heavy atom. The van der Waals surface area contributed by atoms with Gasteiger partial charge < -0.3 is 10.0 Å². The largest absolute Gasteiger partial charge is 0.480 e. The van der Waals surface area contributed by atoms with Crippen molar-refractivity contribution in [3.05, 3.63) is 33.9 Å². The smallest absolute Gasteiger partial charge is 0.317 e. The van der Waals surface area contributed by atoms with Crippen molar-refractivity contribution in [1.29, 1.82) is 0 Å². The third-order valence-corrected chi connectivity index (χ3v) is 5.35. The minimum atomic E-state index is -0.880. The molecule has 0 aliphatic carbocycles. The van der Waals surface area contributed by atoms with Crippen LogP contribution < -0.4 is 0 Å². The number of likely N-dealkylation sites (N-methyl/N-ethyl adjacent to an activating group) is 1. The maximum atomic E-state index is 12.9. The molecule has 1 aliphatic rings. The fourth-order valence-electron chi connectivity index (χ4n) is 3.21. The van der Waals surface area contributed by atoms with Crippen molar-refractivity contribution >= 4 is 29.3 Å². The Kier molecular flexibility index (Phi) is 6.98. The summed E-state index contributed by atoms with van der Waals surface area (Å²) < 4.78 is 0. The number of amides is 1. The van der Waals surface area contributed by atoms with E-state index in [0.717, 1.165) is 17.7 Å². The van der Waals surface area contributed by atoms with Crippen molar-refractivity contribution in [3.8, 4) is 0 Å². The van der Waals surface area contributed by atoms with Gasteiger partial charge in [-0.1, -0.05) is 0 Å². The number of nitro benzene ring substituents is 1. The SMILES string of the molecule is CSc1ccc([N+](=O)[O-])c(C(=O)N2CCCC(N(C)CC(=O)O)CC2)c1. The molecule has 142 valence electrons. The predicted octanol–water partition coefficient (Wildman–Crippen LogP) is 2.33. The maximum Gasteiger partial charge on any atom is 0.317 e. The van der Waals surface area contributed by atoms with Crippen molar-refractivity contribution < 1.29 is 19.6 Å². The van der Waals surface area contributed by atoms with Crippen molar-refractivity contribution in [3.63, 3.8) is 0 Å². The van der Waals surface area contributed by atoms with Gasteiger partial charge in [0.05, 0.1) is 11.5 Å². The van der Waals surface area contributed by atoms with Gasteiger partial charge in [-0.05, 0) is 44.7 Å². The molecular weight excluding hydrogens is 358 g/mol. The quantitative estimate of drug-likeness (QED) is 0.458. The first-order valence-electron chi connectivity index (χ1n) is 8.37. The van der Waals surface area contributed by atoms with Crippen molar-refractivity contribution in [2.24, 2.45) is 0 Å². The summed E-state index contributed by atoms with van der Waals surface area (Å²) in [4.78, 5) is 38.8. The van der Waals surface area contributed by atoms with E-state index in [1.54, 1.807) is 29.0 Å². The second-order valence-electron chi connectivity index (χ2n) is 6.33. The summed E-state index contributed by atoms with van der Waals surface area (Å²) in [6.07, 6.45) is 4.02. The van der Waals surface area contributed by atoms with E-state index in [2.05, 4.69) is 0 Å². The third kappa shape index (κ3) is 4.95. The molecule has 1 aliphatic heterocycles. The van der Waals surface area contributed by atoms with E-state index in [4.69, 9.17) is 5.11 Å². The van der Waals surface area contributed by atoms with E-state index in [-0.39, 0.29) is 29.7 Å². The lowest BCUT2D eigenvalue weighted by Crippen LogP contribution is -2.37. The Morgan fingerprint density at radius 3 is 2.73 bits per heavy atom. The Balaban J connectivity index is 2.15. The van der Waals surface area contributed by atoms with Crippen molar-refractivity contribution in [2.75, 3.05) is 32.9 Å². The zero-order chi connectivity index (χ0) is 19.3. The zero-order valence-corrected chi connectivity index (χ0v) is 15.7. The first kappa shape index (κ1) is 20.2. The lowest BCUT2D eigenvalue weighted by molar-refractivity contribution is -0.385. The van der Waals surface area contributed by atoms with Crippen LogP contribution in [0.1, 0.15) is 29.6 Å². The van der Waals surface area contributed by atoms with Crippen LogP contribution in [-0.4, -0.2) is 70.7 Å². The highest BCUT2D eigenvalue weighted by atomic mass is 32.2. The Bertz CT molecular complexity index is 697. The van der Waals surface area contributed by atoms with Crippen LogP contribution in [0.2, 0.25) is 0 Å². The molecule has 1 amide bonds. The van der Waals surface area contributed by atoms with E-state index >= 15 is 0 Å². The third-order valence-electron chi connectivity index (χ3n) is 4.62. The standard InChI is InChI=1S/C17H23N3O5S/c1-18(11-16(21)22)12-4-3-8-19(9-7-12)17(23)14-10-13(26-2)5-6-15(14)20(24)25/h5-6,10,12H,3-4,7-9,11H2,1-2H3,(H,21,22). The Morgan fingerprint density at radius 2 is 2.12 bits per heavy atom. The monoisotopic (exact) mass is 381 g/mol. The van der Waals surface area contributed by atoms with Crippen LogP contribution >= 0.6 is 11.8 Å². The molecule has 1 unspecified atom stereocenters. The average molecular weight is 381 g/mol. The van der Waals surface area contributed by atoms with Gasteiger partial charge in [-0.2, -0.15) is 0 Å². The number of carbonyl (C=O) groups excluding carboxylic acids is 1. The molecule has 0 saturated carbocycles. The van der Waals surface area contributed by atoms with Gasteiger partial charge in [0, 0.05) is 30.1 Å². The average Bonchev–Trinajstić information content (AvgIpc) is 2.86. The molecule has 0 aromatic heterocycles. The predicted molar refractivity (Wildman–Crippen MR) is 98.7 cm³/mol. The van der Waals surface area contributed by atoms with Crippen LogP contribution in [-0.2, 0) is 4.79 Å². The van der Waals surface area contributed by atoms with Gasteiger partial charge in [0.1, 0.15) is 5.56 Å². The highest BCUT2D eigenvalue weighted by Gasteiger charge is 2.28. The van der Waals surface area contributed by atoms with E-state index in [9.17, 15) is 19.7 Å². The fourth-order valence-corrected chi connectivity index (χ4v) is 3.65. The second kappa shape index (κ2) is 9.00. The van der Waals surface area contributed by atoms with Gasteiger partial charge in [-0.3, -0.25) is 24.6 Å². The van der Waals surface area contributed by atoms with Crippen molar-refractivity contribution in [1.82, 2.24) is 9.80 Å². The minimum Gasteiger partial charge on any atom is -0.480 e. The number of carbonyl (C=O) groups is 2. The van der Waals surface area contributed by atoms with Crippen molar-refractivity contribution in [2.45, 2.75) is 30.2 Å². The van der Waals surface area contributed by atoms with Crippen LogP contribution in [0.15, 0.2) is 23.1 Å². The summed E-state index contributed by atoms with van der Waals surface area (Å²) in [6.45, 7) is 0.921. The number of hydrogen-bond acceptors (Lipinski definition) is 6. The summed E-state index contributed by atoms with van der Waals surface area (Å²) in [5.74, 6) is -1.22. The van der Waals surface area contributed by atoms with E-state index in [1.807, 2.05) is 6.26 Å². The molecule has 1 aromatic rings. The van der Waals surface area contributed by atoms with Crippen LogP contribution in [0.3, 0.4) is 0 Å². The number of likely N-dealkylation sites (tertiary alicyclic amines) is 1. The molecule has 1 N–H and O–H groups in total. The molecule has 2 rings (SSSR count). The highest BCUT2D eigenvalue weighted by Crippen LogP contribution is 2.27. The molecule has 0 spiro atoms. The first-order chi connectivity index (χ1) is 12.3. The number of nitrogens with zero attached hydrogens (tertiary/aromatic N) is 3. The van der Waals surface area contributed by atoms with Gasteiger partial charge in [0.15, 0.2) is 0 Å². The molecule has 1 fully saturated rings. The number of hydrogen-bond donors (Lipinski definition) is 1. The number of nitro groups is 1. The van der Waals surface area contributed by atoms with Gasteiger partial charge in [0.25, 0.3) is 11.6 Å². The molecule has 0 radical (unpaired) electrons. The van der Waals surface area contributed by atoms with Crippen LogP contribution in [0, 0.1) is 10.1 Å². The second-order valence-corrected chi connectivity index (χ2v) is 7.21. The topological polar surface area (TPSA) is 104 Å². The first-order valence-corrected chi connectivity index (χ1v) is 9.59.